The Labute approximate surface area is 120 Å². The van der Waals surface area contributed by atoms with Crippen LogP contribution < -0.4 is 16.6 Å². The first-order valence-corrected chi connectivity index (χ1v) is 6.75. The van der Waals surface area contributed by atoms with E-state index in [0.29, 0.717) is 23.2 Å². The number of hydrogen-bond acceptors (Lipinski definition) is 5. The van der Waals surface area contributed by atoms with E-state index in [1.807, 2.05) is 24.3 Å². The SMILES string of the molecule is NCc1nnc2n(c1=O)CC[C@H](c1ccc(Cl)cc1)N2. The zero-order valence-corrected chi connectivity index (χ0v) is 11.5. The van der Waals surface area contributed by atoms with Gasteiger partial charge in [-0.25, -0.2) is 0 Å². The van der Waals surface area contributed by atoms with Crippen LogP contribution in [0.25, 0.3) is 0 Å². The minimum absolute atomic E-state index is 0.102. The molecule has 1 aromatic heterocycles. The standard InChI is InChI=1S/C13H14ClN5O/c14-9-3-1-8(2-4-9)10-5-6-19-12(20)11(7-15)17-18-13(19)16-10/h1-4,10H,5-7,15H2,(H,16,18)/t10-/m1/s1. The molecule has 1 aliphatic heterocycles. The Kier molecular flexibility index (Phi) is 3.42. The van der Waals surface area contributed by atoms with Crippen molar-refractivity contribution < 1.29 is 0 Å². The molecule has 2 heterocycles. The summed E-state index contributed by atoms with van der Waals surface area (Å²) in [7, 11) is 0. The van der Waals surface area contributed by atoms with Gasteiger partial charge in [0.1, 0.15) is 5.69 Å². The van der Waals surface area contributed by atoms with Gasteiger partial charge >= 0.3 is 0 Å². The number of hydrogen-bond donors (Lipinski definition) is 2. The maximum Gasteiger partial charge on any atom is 0.278 e. The van der Waals surface area contributed by atoms with E-state index < -0.39 is 0 Å². The summed E-state index contributed by atoms with van der Waals surface area (Å²) in [6.07, 6.45) is 0.796. The first-order chi connectivity index (χ1) is 9.69. The highest BCUT2D eigenvalue weighted by Gasteiger charge is 2.22. The maximum absolute atomic E-state index is 12.1. The molecular weight excluding hydrogens is 278 g/mol. The zero-order valence-electron chi connectivity index (χ0n) is 10.7. The van der Waals surface area contributed by atoms with E-state index in [0.717, 1.165) is 12.0 Å². The van der Waals surface area contributed by atoms with Crippen molar-refractivity contribution in [2.24, 2.45) is 5.73 Å². The summed E-state index contributed by atoms with van der Waals surface area (Å²) in [6.45, 7) is 0.698. The van der Waals surface area contributed by atoms with E-state index >= 15 is 0 Å². The molecule has 0 radical (unpaired) electrons. The van der Waals surface area contributed by atoms with Gasteiger partial charge < -0.3 is 11.1 Å². The van der Waals surface area contributed by atoms with Gasteiger partial charge in [0, 0.05) is 18.1 Å². The summed E-state index contributed by atoms with van der Waals surface area (Å²) < 4.78 is 1.58. The Morgan fingerprint density at radius 3 is 2.80 bits per heavy atom. The van der Waals surface area contributed by atoms with Crippen LogP contribution in [0.3, 0.4) is 0 Å². The molecule has 1 atom stereocenters. The Bertz CT molecular complexity index is 682. The average molecular weight is 292 g/mol. The third-order valence-electron chi connectivity index (χ3n) is 3.42. The quantitative estimate of drug-likeness (QED) is 0.871. The Hall–Kier alpha value is -1.92. The van der Waals surface area contributed by atoms with Crippen LogP contribution in [-0.4, -0.2) is 14.8 Å². The topological polar surface area (TPSA) is 85.8 Å². The number of nitrogens with two attached hydrogens (primary N) is 1. The van der Waals surface area contributed by atoms with Crippen LogP contribution in [-0.2, 0) is 13.1 Å². The fraction of sp³-hybridized carbons (Fsp3) is 0.308. The number of halogens is 1. The Morgan fingerprint density at radius 1 is 1.35 bits per heavy atom. The highest BCUT2D eigenvalue weighted by Crippen LogP contribution is 2.26. The molecule has 2 aromatic rings. The molecule has 0 fully saturated rings. The molecule has 1 aromatic carbocycles. The lowest BCUT2D eigenvalue weighted by atomic mass is 10.0. The number of aromatic nitrogens is 3. The maximum atomic E-state index is 12.1. The van der Waals surface area contributed by atoms with Gasteiger partial charge in [-0.15, -0.1) is 10.2 Å². The van der Waals surface area contributed by atoms with Crippen LogP contribution in [0.5, 0.6) is 0 Å². The van der Waals surface area contributed by atoms with Crippen molar-refractivity contribution >= 4 is 17.5 Å². The second kappa shape index (κ2) is 5.22. The number of nitrogens with one attached hydrogen (secondary N) is 1. The second-order valence-electron chi connectivity index (χ2n) is 4.67. The van der Waals surface area contributed by atoms with E-state index in [2.05, 4.69) is 15.5 Å². The molecule has 3 rings (SSSR count). The van der Waals surface area contributed by atoms with E-state index in [4.69, 9.17) is 17.3 Å². The van der Waals surface area contributed by atoms with E-state index in [9.17, 15) is 4.79 Å². The predicted molar refractivity (Wildman–Crippen MR) is 76.6 cm³/mol. The average Bonchev–Trinajstić information content (AvgIpc) is 2.48. The summed E-state index contributed by atoms with van der Waals surface area (Å²) in [5.41, 5.74) is 6.70. The van der Waals surface area contributed by atoms with Crippen LogP contribution in [0, 0.1) is 0 Å². The third kappa shape index (κ3) is 2.28. The van der Waals surface area contributed by atoms with Crippen LogP contribution in [0.15, 0.2) is 29.1 Å². The number of nitrogens with zero attached hydrogens (tertiary/aromatic N) is 3. The minimum atomic E-state index is -0.167. The van der Waals surface area contributed by atoms with Gasteiger partial charge in [0.25, 0.3) is 5.56 Å². The number of anilines is 1. The van der Waals surface area contributed by atoms with Gasteiger partial charge in [0.2, 0.25) is 5.95 Å². The van der Waals surface area contributed by atoms with Crippen molar-refractivity contribution in [2.45, 2.75) is 25.6 Å². The molecule has 6 nitrogen and oxygen atoms in total. The van der Waals surface area contributed by atoms with Crippen molar-refractivity contribution in [3.05, 3.63) is 50.9 Å². The monoisotopic (exact) mass is 291 g/mol. The molecule has 1 aliphatic rings. The molecule has 7 heteroatoms. The van der Waals surface area contributed by atoms with E-state index in [1.54, 1.807) is 4.57 Å². The molecule has 0 bridgehead atoms. The highest BCUT2D eigenvalue weighted by atomic mass is 35.5. The molecule has 0 saturated heterocycles. The summed E-state index contributed by atoms with van der Waals surface area (Å²) >= 11 is 5.89. The van der Waals surface area contributed by atoms with Gasteiger partial charge in [-0.1, -0.05) is 23.7 Å². The van der Waals surface area contributed by atoms with Crippen molar-refractivity contribution in [3.63, 3.8) is 0 Å². The lowest BCUT2D eigenvalue weighted by Gasteiger charge is -2.27. The number of benzene rings is 1. The molecule has 0 spiro atoms. The van der Waals surface area contributed by atoms with Crippen LogP contribution in [0.2, 0.25) is 5.02 Å². The van der Waals surface area contributed by atoms with Crippen LogP contribution >= 0.6 is 11.6 Å². The van der Waals surface area contributed by atoms with E-state index in [-0.39, 0.29) is 18.1 Å². The fourth-order valence-electron chi connectivity index (χ4n) is 2.33. The normalized spacial score (nSPS) is 17.4. The zero-order chi connectivity index (χ0) is 14.1. The van der Waals surface area contributed by atoms with Crippen LogP contribution in [0.1, 0.15) is 23.7 Å². The van der Waals surface area contributed by atoms with Crippen molar-refractivity contribution in [2.75, 3.05) is 5.32 Å². The lowest BCUT2D eigenvalue weighted by Crippen LogP contribution is -2.35. The molecular formula is C13H14ClN5O. The molecule has 3 N–H and O–H groups in total. The van der Waals surface area contributed by atoms with Crippen molar-refractivity contribution in [1.29, 1.82) is 0 Å². The molecule has 104 valence electrons. The van der Waals surface area contributed by atoms with Gasteiger partial charge in [0.05, 0.1) is 6.04 Å². The van der Waals surface area contributed by atoms with Crippen molar-refractivity contribution in [1.82, 2.24) is 14.8 Å². The molecule has 0 saturated carbocycles. The summed E-state index contributed by atoms with van der Waals surface area (Å²) in [5.74, 6) is 0.485. The lowest BCUT2D eigenvalue weighted by molar-refractivity contribution is 0.508. The fourth-order valence-corrected chi connectivity index (χ4v) is 2.46. The second-order valence-corrected chi connectivity index (χ2v) is 5.10. The predicted octanol–water partition coefficient (Wildman–Crippen LogP) is 1.31. The summed E-state index contributed by atoms with van der Waals surface area (Å²) in [4.78, 5) is 12.1. The van der Waals surface area contributed by atoms with Crippen LogP contribution in [0.4, 0.5) is 5.95 Å². The van der Waals surface area contributed by atoms with Gasteiger partial charge in [-0.05, 0) is 24.1 Å². The van der Waals surface area contributed by atoms with Gasteiger partial charge in [0.15, 0.2) is 0 Å². The first kappa shape index (κ1) is 13.1. The minimum Gasteiger partial charge on any atom is -0.347 e. The number of rotatable bonds is 2. The Morgan fingerprint density at radius 2 is 2.10 bits per heavy atom. The third-order valence-corrected chi connectivity index (χ3v) is 3.68. The van der Waals surface area contributed by atoms with Gasteiger partial charge in [-0.2, -0.15) is 0 Å². The Balaban J connectivity index is 1.91. The molecule has 0 unspecified atom stereocenters. The largest absolute Gasteiger partial charge is 0.347 e. The van der Waals surface area contributed by atoms with Crippen molar-refractivity contribution in [3.8, 4) is 0 Å². The smallest absolute Gasteiger partial charge is 0.278 e. The molecule has 20 heavy (non-hydrogen) atoms. The number of fused-ring (bicyclic) bond motifs is 1. The molecule has 0 aliphatic carbocycles. The highest BCUT2D eigenvalue weighted by molar-refractivity contribution is 6.30. The van der Waals surface area contributed by atoms with E-state index in [1.165, 1.54) is 0 Å². The van der Waals surface area contributed by atoms with Gasteiger partial charge in [-0.3, -0.25) is 9.36 Å². The summed E-state index contributed by atoms with van der Waals surface area (Å²) in [6, 6.07) is 7.74. The first-order valence-electron chi connectivity index (χ1n) is 6.37. The molecule has 0 amide bonds. The summed E-state index contributed by atoms with van der Waals surface area (Å²) in [5, 5.41) is 11.8.